The van der Waals surface area contributed by atoms with Gasteiger partial charge in [-0.2, -0.15) is 0 Å². The molecule has 0 saturated heterocycles. The van der Waals surface area contributed by atoms with Crippen molar-refractivity contribution in [3.05, 3.63) is 23.8 Å². The lowest BCUT2D eigenvalue weighted by atomic mass is 10.2. The Kier molecular flexibility index (Phi) is 1.60. The summed E-state index contributed by atoms with van der Waals surface area (Å²) in [5.41, 5.74) is 2.19. The first-order valence-electron chi connectivity index (χ1n) is 4.12. The molecule has 0 radical (unpaired) electrons. The van der Waals surface area contributed by atoms with Crippen molar-refractivity contribution < 1.29 is 0 Å². The monoisotopic (exact) mass is 148 g/mol. The molecular weight excluding hydrogens is 136 g/mol. The van der Waals surface area contributed by atoms with E-state index in [-0.39, 0.29) is 0 Å². The SMILES string of the molecule is Cc1cncc(CC2CC2)n1. The van der Waals surface area contributed by atoms with E-state index in [1.165, 1.54) is 12.8 Å². The Morgan fingerprint density at radius 2 is 2.27 bits per heavy atom. The minimum Gasteiger partial charge on any atom is -0.261 e. The van der Waals surface area contributed by atoms with Gasteiger partial charge in [-0.1, -0.05) is 0 Å². The van der Waals surface area contributed by atoms with E-state index in [1.807, 2.05) is 13.1 Å². The van der Waals surface area contributed by atoms with Crippen molar-refractivity contribution in [1.82, 2.24) is 9.97 Å². The van der Waals surface area contributed by atoms with Gasteiger partial charge in [0.2, 0.25) is 0 Å². The third kappa shape index (κ3) is 1.76. The highest BCUT2D eigenvalue weighted by molar-refractivity contribution is 5.03. The van der Waals surface area contributed by atoms with Gasteiger partial charge < -0.3 is 0 Å². The lowest BCUT2D eigenvalue weighted by Gasteiger charge is -1.97. The van der Waals surface area contributed by atoms with E-state index in [0.29, 0.717) is 0 Å². The third-order valence-corrected chi connectivity index (χ3v) is 2.00. The number of hydrogen-bond acceptors (Lipinski definition) is 2. The average molecular weight is 148 g/mol. The maximum atomic E-state index is 4.39. The summed E-state index contributed by atoms with van der Waals surface area (Å²) >= 11 is 0. The van der Waals surface area contributed by atoms with Gasteiger partial charge in [-0.15, -0.1) is 0 Å². The van der Waals surface area contributed by atoms with Crippen molar-refractivity contribution in [2.24, 2.45) is 5.92 Å². The third-order valence-electron chi connectivity index (χ3n) is 2.00. The molecule has 0 unspecified atom stereocenters. The molecule has 0 aromatic carbocycles. The average Bonchev–Trinajstić information content (AvgIpc) is 2.71. The number of nitrogens with zero attached hydrogens (tertiary/aromatic N) is 2. The first-order valence-corrected chi connectivity index (χ1v) is 4.12. The van der Waals surface area contributed by atoms with Gasteiger partial charge in [0.05, 0.1) is 11.4 Å². The molecular formula is C9H12N2. The second kappa shape index (κ2) is 2.61. The van der Waals surface area contributed by atoms with Crippen LogP contribution in [0.1, 0.15) is 24.2 Å². The highest BCUT2D eigenvalue weighted by Gasteiger charge is 2.21. The fourth-order valence-corrected chi connectivity index (χ4v) is 1.23. The molecule has 0 bridgehead atoms. The summed E-state index contributed by atoms with van der Waals surface area (Å²) in [5.74, 6) is 0.908. The van der Waals surface area contributed by atoms with Crippen LogP contribution in [0.15, 0.2) is 12.4 Å². The van der Waals surface area contributed by atoms with Crippen molar-refractivity contribution >= 4 is 0 Å². The molecule has 2 heteroatoms. The van der Waals surface area contributed by atoms with Crippen LogP contribution in [0, 0.1) is 12.8 Å². The van der Waals surface area contributed by atoms with Crippen LogP contribution in [0.5, 0.6) is 0 Å². The molecule has 0 atom stereocenters. The largest absolute Gasteiger partial charge is 0.261 e. The molecule has 0 spiro atoms. The molecule has 1 aromatic heterocycles. The first-order chi connectivity index (χ1) is 5.34. The summed E-state index contributed by atoms with van der Waals surface area (Å²) in [7, 11) is 0. The quantitative estimate of drug-likeness (QED) is 0.638. The van der Waals surface area contributed by atoms with Gasteiger partial charge in [0.1, 0.15) is 0 Å². The Bertz CT molecular complexity index is 253. The Morgan fingerprint density at radius 1 is 1.45 bits per heavy atom. The predicted molar refractivity (Wildman–Crippen MR) is 43.2 cm³/mol. The van der Waals surface area contributed by atoms with Crippen LogP contribution in [0.4, 0.5) is 0 Å². The van der Waals surface area contributed by atoms with Gasteiger partial charge in [0.15, 0.2) is 0 Å². The highest BCUT2D eigenvalue weighted by Crippen LogP contribution is 2.31. The lowest BCUT2D eigenvalue weighted by Crippen LogP contribution is -1.94. The minimum absolute atomic E-state index is 0.908. The Hall–Kier alpha value is -0.920. The van der Waals surface area contributed by atoms with Gasteiger partial charge >= 0.3 is 0 Å². The van der Waals surface area contributed by atoms with E-state index >= 15 is 0 Å². The van der Waals surface area contributed by atoms with Crippen molar-refractivity contribution in [2.45, 2.75) is 26.2 Å². The minimum atomic E-state index is 0.908. The highest BCUT2D eigenvalue weighted by atomic mass is 14.8. The Morgan fingerprint density at radius 3 is 2.91 bits per heavy atom. The molecule has 2 rings (SSSR count). The molecule has 1 heterocycles. The normalized spacial score (nSPS) is 16.8. The van der Waals surface area contributed by atoms with Gasteiger partial charge in [0, 0.05) is 12.4 Å². The van der Waals surface area contributed by atoms with Crippen LogP contribution in [-0.4, -0.2) is 9.97 Å². The summed E-state index contributed by atoms with van der Waals surface area (Å²) in [5, 5.41) is 0. The smallest absolute Gasteiger partial charge is 0.0592 e. The van der Waals surface area contributed by atoms with E-state index in [0.717, 1.165) is 23.7 Å². The standard InChI is InChI=1S/C9H12N2/c1-7-5-10-6-9(11-7)4-8-2-3-8/h5-6,8H,2-4H2,1H3. The van der Waals surface area contributed by atoms with Gasteiger partial charge in [0.25, 0.3) is 0 Å². The molecule has 58 valence electrons. The summed E-state index contributed by atoms with van der Waals surface area (Å²) in [6.45, 7) is 1.99. The molecule has 1 saturated carbocycles. The zero-order valence-electron chi connectivity index (χ0n) is 6.75. The summed E-state index contributed by atoms with van der Waals surface area (Å²) < 4.78 is 0. The van der Waals surface area contributed by atoms with E-state index in [9.17, 15) is 0 Å². The second-order valence-corrected chi connectivity index (χ2v) is 3.30. The second-order valence-electron chi connectivity index (χ2n) is 3.30. The van der Waals surface area contributed by atoms with Gasteiger partial charge in [-0.05, 0) is 32.1 Å². The predicted octanol–water partition coefficient (Wildman–Crippen LogP) is 1.74. The number of aromatic nitrogens is 2. The molecule has 0 N–H and O–H groups in total. The van der Waals surface area contributed by atoms with Crippen LogP contribution in [0.3, 0.4) is 0 Å². The molecule has 2 nitrogen and oxygen atoms in total. The molecule has 1 aliphatic rings. The van der Waals surface area contributed by atoms with E-state index in [4.69, 9.17) is 0 Å². The molecule has 1 fully saturated rings. The van der Waals surface area contributed by atoms with E-state index in [1.54, 1.807) is 6.20 Å². The molecule has 1 aromatic rings. The Labute approximate surface area is 66.7 Å². The van der Waals surface area contributed by atoms with E-state index < -0.39 is 0 Å². The molecule has 11 heavy (non-hydrogen) atoms. The lowest BCUT2D eigenvalue weighted by molar-refractivity contribution is 0.791. The van der Waals surface area contributed by atoms with Crippen LogP contribution in [0.25, 0.3) is 0 Å². The molecule has 1 aliphatic carbocycles. The van der Waals surface area contributed by atoms with Crippen molar-refractivity contribution in [1.29, 1.82) is 0 Å². The van der Waals surface area contributed by atoms with Gasteiger partial charge in [-0.25, -0.2) is 0 Å². The fraction of sp³-hybridized carbons (Fsp3) is 0.556. The zero-order valence-corrected chi connectivity index (χ0v) is 6.75. The number of hydrogen-bond donors (Lipinski definition) is 0. The van der Waals surface area contributed by atoms with Crippen molar-refractivity contribution in [3.8, 4) is 0 Å². The molecule has 0 amide bonds. The van der Waals surface area contributed by atoms with Crippen LogP contribution in [-0.2, 0) is 6.42 Å². The summed E-state index contributed by atoms with van der Waals surface area (Å²) in [6.07, 6.45) is 7.58. The van der Waals surface area contributed by atoms with Crippen LogP contribution < -0.4 is 0 Å². The van der Waals surface area contributed by atoms with Crippen molar-refractivity contribution in [3.63, 3.8) is 0 Å². The maximum absolute atomic E-state index is 4.39. The maximum Gasteiger partial charge on any atom is 0.0592 e. The van der Waals surface area contributed by atoms with Crippen LogP contribution in [0.2, 0.25) is 0 Å². The fourth-order valence-electron chi connectivity index (χ4n) is 1.23. The first kappa shape index (κ1) is 6.77. The number of rotatable bonds is 2. The zero-order chi connectivity index (χ0) is 7.68. The topological polar surface area (TPSA) is 25.8 Å². The number of aryl methyl sites for hydroxylation is 1. The van der Waals surface area contributed by atoms with Crippen LogP contribution >= 0.6 is 0 Å². The summed E-state index contributed by atoms with van der Waals surface area (Å²) in [6, 6.07) is 0. The van der Waals surface area contributed by atoms with Gasteiger partial charge in [-0.3, -0.25) is 9.97 Å². The molecule has 0 aliphatic heterocycles. The van der Waals surface area contributed by atoms with Crippen molar-refractivity contribution in [2.75, 3.05) is 0 Å². The Balaban J connectivity index is 2.10. The summed E-state index contributed by atoms with van der Waals surface area (Å²) in [4.78, 5) is 8.49. The van der Waals surface area contributed by atoms with E-state index in [2.05, 4.69) is 9.97 Å².